The van der Waals surface area contributed by atoms with Gasteiger partial charge in [0, 0.05) is 26.2 Å². The summed E-state index contributed by atoms with van der Waals surface area (Å²) in [6.07, 6.45) is 0.442. The Morgan fingerprint density at radius 1 is 1.27 bits per heavy atom. The Kier molecular flexibility index (Phi) is 5.46. The van der Waals surface area contributed by atoms with E-state index in [1.165, 1.54) is 11.1 Å². The molecule has 0 saturated carbocycles. The van der Waals surface area contributed by atoms with Crippen LogP contribution in [0, 0.1) is 6.92 Å². The van der Waals surface area contributed by atoms with Gasteiger partial charge in [-0.25, -0.2) is 0 Å². The third kappa shape index (κ3) is 4.47. The van der Waals surface area contributed by atoms with Crippen molar-refractivity contribution in [3.63, 3.8) is 0 Å². The maximum absolute atomic E-state index is 12.2. The zero-order chi connectivity index (χ0) is 16.2. The van der Waals surface area contributed by atoms with Crippen LogP contribution in [0.25, 0.3) is 0 Å². The predicted octanol–water partition coefficient (Wildman–Crippen LogP) is 2.49. The number of aryl methyl sites for hydroxylation is 1. The first kappa shape index (κ1) is 16.8. The Hall–Kier alpha value is -1.55. The predicted molar refractivity (Wildman–Crippen MR) is 89.4 cm³/mol. The number of carbonyl (C=O) groups is 1. The molecule has 22 heavy (non-hydrogen) atoms. The van der Waals surface area contributed by atoms with Gasteiger partial charge in [-0.2, -0.15) is 0 Å². The molecule has 0 unspecified atom stereocenters. The molecule has 0 atom stereocenters. The van der Waals surface area contributed by atoms with Crippen molar-refractivity contribution >= 4 is 5.91 Å². The largest absolute Gasteiger partial charge is 0.493 e. The van der Waals surface area contributed by atoms with E-state index in [4.69, 9.17) is 4.74 Å². The number of ether oxygens (including phenoxy) is 1. The monoisotopic (exact) mass is 304 g/mol. The standard InChI is InChI=1S/C18H28N2O2/c1-14-5-6-15(18(2,3)4)16(13-14)22-12-7-17(21)20-10-8-19-9-11-20/h5-6,13,19H,7-12H2,1-4H3. The number of amides is 1. The van der Waals surface area contributed by atoms with Crippen LogP contribution in [-0.2, 0) is 10.2 Å². The summed E-state index contributed by atoms with van der Waals surface area (Å²) in [6.45, 7) is 12.4. The molecule has 1 saturated heterocycles. The smallest absolute Gasteiger partial charge is 0.226 e. The number of piperazine rings is 1. The average Bonchev–Trinajstić information content (AvgIpc) is 2.47. The molecule has 1 aliphatic heterocycles. The van der Waals surface area contributed by atoms with Gasteiger partial charge in [-0.3, -0.25) is 4.79 Å². The number of benzene rings is 1. The fourth-order valence-electron chi connectivity index (χ4n) is 2.69. The van der Waals surface area contributed by atoms with Crippen LogP contribution in [0.15, 0.2) is 18.2 Å². The molecule has 1 aromatic rings. The quantitative estimate of drug-likeness (QED) is 0.929. The molecule has 4 heteroatoms. The Morgan fingerprint density at radius 2 is 1.95 bits per heavy atom. The lowest BCUT2D eigenvalue weighted by atomic mass is 9.86. The van der Waals surface area contributed by atoms with Gasteiger partial charge in [-0.15, -0.1) is 0 Å². The molecule has 122 valence electrons. The van der Waals surface area contributed by atoms with Crippen molar-refractivity contribution in [2.24, 2.45) is 0 Å². The normalized spacial score (nSPS) is 15.7. The topological polar surface area (TPSA) is 41.6 Å². The molecule has 1 aromatic carbocycles. The number of rotatable bonds is 4. The SMILES string of the molecule is Cc1ccc(C(C)(C)C)c(OCCC(=O)N2CCNCC2)c1. The summed E-state index contributed by atoms with van der Waals surface area (Å²) in [7, 11) is 0. The van der Waals surface area contributed by atoms with E-state index in [9.17, 15) is 4.79 Å². The molecule has 1 heterocycles. The van der Waals surface area contributed by atoms with E-state index in [1.54, 1.807) is 0 Å². The average molecular weight is 304 g/mol. The molecule has 1 fully saturated rings. The van der Waals surface area contributed by atoms with Gasteiger partial charge in [-0.1, -0.05) is 32.9 Å². The molecule has 1 N–H and O–H groups in total. The molecule has 4 nitrogen and oxygen atoms in total. The zero-order valence-electron chi connectivity index (χ0n) is 14.2. The summed E-state index contributed by atoms with van der Waals surface area (Å²) in [4.78, 5) is 14.1. The third-order valence-electron chi connectivity index (χ3n) is 3.99. The molecular weight excluding hydrogens is 276 g/mol. The van der Waals surface area contributed by atoms with E-state index < -0.39 is 0 Å². The second kappa shape index (κ2) is 7.14. The maximum Gasteiger partial charge on any atom is 0.226 e. The van der Waals surface area contributed by atoms with Crippen molar-refractivity contribution in [2.75, 3.05) is 32.8 Å². The van der Waals surface area contributed by atoms with Gasteiger partial charge in [-0.05, 0) is 29.5 Å². The van der Waals surface area contributed by atoms with Crippen LogP contribution in [0.2, 0.25) is 0 Å². The fraction of sp³-hybridized carbons (Fsp3) is 0.611. The number of hydrogen-bond donors (Lipinski definition) is 1. The lowest BCUT2D eigenvalue weighted by molar-refractivity contribution is -0.132. The van der Waals surface area contributed by atoms with Crippen LogP contribution in [0.5, 0.6) is 5.75 Å². The zero-order valence-corrected chi connectivity index (χ0v) is 14.2. The number of nitrogens with one attached hydrogen (secondary N) is 1. The first-order valence-corrected chi connectivity index (χ1v) is 8.10. The first-order chi connectivity index (χ1) is 10.4. The van der Waals surface area contributed by atoms with Crippen LogP contribution < -0.4 is 10.1 Å². The van der Waals surface area contributed by atoms with E-state index in [-0.39, 0.29) is 11.3 Å². The summed E-state index contributed by atoms with van der Waals surface area (Å²) in [6, 6.07) is 6.30. The Labute approximate surface area is 133 Å². The van der Waals surface area contributed by atoms with Crippen LogP contribution in [-0.4, -0.2) is 43.6 Å². The van der Waals surface area contributed by atoms with Crippen LogP contribution in [0.1, 0.15) is 38.3 Å². The lowest BCUT2D eigenvalue weighted by Gasteiger charge is -2.27. The molecule has 0 spiro atoms. The van der Waals surface area contributed by atoms with Gasteiger partial charge in [0.15, 0.2) is 0 Å². The van der Waals surface area contributed by atoms with E-state index in [1.807, 2.05) is 4.90 Å². The second-order valence-electron chi connectivity index (χ2n) is 6.98. The van der Waals surface area contributed by atoms with E-state index in [0.717, 1.165) is 31.9 Å². The Bertz CT molecular complexity index is 514. The number of carbonyl (C=O) groups excluding carboxylic acids is 1. The Balaban J connectivity index is 1.93. The van der Waals surface area contributed by atoms with Crippen molar-refractivity contribution in [2.45, 2.75) is 39.5 Å². The second-order valence-corrected chi connectivity index (χ2v) is 6.98. The molecule has 0 bridgehead atoms. The van der Waals surface area contributed by atoms with Crippen molar-refractivity contribution in [3.05, 3.63) is 29.3 Å². The van der Waals surface area contributed by atoms with Gasteiger partial charge >= 0.3 is 0 Å². The maximum atomic E-state index is 12.2. The van der Waals surface area contributed by atoms with E-state index >= 15 is 0 Å². The molecule has 0 aliphatic carbocycles. The minimum atomic E-state index is 0.0333. The van der Waals surface area contributed by atoms with Crippen LogP contribution in [0.4, 0.5) is 0 Å². The highest BCUT2D eigenvalue weighted by molar-refractivity contribution is 5.76. The minimum Gasteiger partial charge on any atom is -0.493 e. The third-order valence-corrected chi connectivity index (χ3v) is 3.99. The van der Waals surface area contributed by atoms with E-state index in [2.05, 4.69) is 51.2 Å². The highest BCUT2D eigenvalue weighted by Gasteiger charge is 2.20. The van der Waals surface area contributed by atoms with Gasteiger partial charge in [0.2, 0.25) is 5.91 Å². The molecule has 1 amide bonds. The van der Waals surface area contributed by atoms with Crippen molar-refractivity contribution < 1.29 is 9.53 Å². The highest BCUT2D eigenvalue weighted by Crippen LogP contribution is 2.32. The summed E-state index contributed by atoms with van der Waals surface area (Å²) >= 11 is 0. The van der Waals surface area contributed by atoms with Gasteiger partial charge in [0.25, 0.3) is 0 Å². The molecular formula is C18H28N2O2. The molecule has 0 aromatic heterocycles. The Morgan fingerprint density at radius 3 is 2.59 bits per heavy atom. The summed E-state index contributed by atoms with van der Waals surface area (Å²) in [5.41, 5.74) is 2.40. The van der Waals surface area contributed by atoms with Gasteiger partial charge in [0.05, 0.1) is 13.0 Å². The number of nitrogens with zero attached hydrogens (tertiary/aromatic N) is 1. The molecule has 0 radical (unpaired) electrons. The number of hydrogen-bond acceptors (Lipinski definition) is 3. The van der Waals surface area contributed by atoms with Crippen LogP contribution >= 0.6 is 0 Å². The van der Waals surface area contributed by atoms with E-state index in [0.29, 0.717) is 13.0 Å². The summed E-state index contributed by atoms with van der Waals surface area (Å²) < 4.78 is 5.94. The molecule has 1 aliphatic rings. The summed E-state index contributed by atoms with van der Waals surface area (Å²) in [5.74, 6) is 1.09. The first-order valence-electron chi connectivity index (χ1n) is 8.10. The van der Waals surface area contributed by atoms with Crippen molar-refractivity contribution in [3.8, 4) is 5.75 Å². The fourth-order valence-corrected chi connectivity index (χ4v) is 2.69. The van der Waals surface area contributed by atoms with Crippen molar-refractivity contribution in [1.82, 2.24) is 10.2 Å². The van der Waals surface area contributed by atoms with Crippen molar-refractivity contribution in [1.29, 1.82) is 0 Å². The minimum absolute atomic E-state index is 0.0333. The highest BCUT2D eigenvalue weighted by atomic mass is 16.5. The molecule has 2 rings (SSSR count). The lowest BCUT2D eigenvalue weighted by Crippen LogP contribution is -2.46. The van der Waals surface area contributed by atoms with Gasteiger partial charge < -0.3 is 15.0 Å². The van der Waals surface area contributed by atoms with Crippen LogP contribution in [0.3, 0.4) is 0 Å². The summed E-state index contributed by atoms with van der Waals surface area (Å²) in [5, 5.41) is 3.26. The van der Waals surface area contributed by atoms with Gasteiger partial charge in [0.1, 0.15) is 5.75 Å².